The average molecular weight is 328 g/mol. The predicted molar refractivity (Wildman–Crippen MR) is 88.2 cm³/mol. The molecule has 0 unspecified atom stereocenters. The fourth-order valence-corrected chi connectivity index (χ4v) is 1.85. The van der Waals surface area contributed by atoms with Crippen LogP contribution in [0.1, 0.15) is 26.5 Å². The number of carbonyl (C=O) groups is 2. The minimum absolute atomic E-state index is 0.0536. The predicted octanol–water partition coefficient (Wildman–Crippen LogP) is 0.728. The first-order chi connectivity index (χ1) is 11.4. The highest BCUT2D eigenvalue weighted by molar-refractivity contribution is 5.95. The first kappa shape index (κ1) is 16.7. The van der Waals surface area contributed by atoms with Gasteiger partial charge in [0.1, 0.15) is 0 Å². The van der Waals surface area contributed by atoms with Crippen molar-refractivity contribution < 1.29 is 14.7 Å². The molecule has 9 nitrogen and oxygen atoms in total. The number of carboxylic acid groups (broad SMARTS) is 1. The standard InChI is InChI=1S/C15H16N6O3/c1-8(16)20-14-12(13(17)22)21-11(7-19-14)6-18-10-4-2-9(3-5-10)15(23)24/h2-5,7,18H,1,6,16H2,(H2,17,22)(H,19,20)(H,23,24). The maximum atomic E-state index is 11.5. The molecule has 0 aliphatic heterocycles. The van der Waals surface area contributed by atoms with Crippen molar-refractivity contribution >= 4 is 23.4 Å². The summed E-state index contributed by atoms with van der Waals surface area (Å²) < 4.78 is 0. The Morgan fingerprint density at radius 1 is 1.21 bits per heavy atom. The molecule has 0 saturated heterocycles. The molecule has 1 aromatic carbocycles. The van der Waals surface area contributed by atoms with Crippen LogP contribution in [-0.4, -0.2) is 27.0 Å². The maximum Gasteiger partial charge on any atom is 0.335 e. The zero-order valence-corrected chi connectivity index (χ0v) is 12.6. The number of anilines is 2. The Bertz CT molecular complexity index is 788. The van der Waals surface area contributed by atoms with Crippen LogP contribution in [0.25, 0.3) is 0 Å². The summed E-state index contributed by atoms with van der Waals surface area (Å²) in [5, 5.41) is 14.5. The minimum Gasteiger partial charge on any atom is -0.478 e. The highest BCUT2D eigenvalue weighted by Crippen LogP contribution is 2.13. The quantitative estimate of drug-likeness (QED) is 0.498. The van der Waals surface area contributed by atoms with E-state index >= 15 is 0 Å². The van der Waals surface area contributed by atoms with Gasteiger partial charge in [-0.1, -0.05) is 6.58 Å². The van der Waals surface area contributed by atoms with Crippen molar-refractivity contribution in [2.24, 2.45) is 11.5 Å². The highest BCUT2D eigenvalue weighted by atomic mass is 16.4. The minimum atomic E-state index is -0.997. The van der Waals surface area contributed by atoms with E-state index in [0.29, 0.717) is 11.4 Å². The van der Waals surface area contributed by atoms with Gasteiger partial charge in [0.15, 0.2) is 11.5 Å². The Kier molecular flexibility index (Phi) is 4.95. The van der Waals surface area contributed by atoms with E-state index in [1.165, 1.54) is 18.3 Å². The Morgan fingerprint density at radius 2 is 1.88 bits per heavy atom. The lowest BCUT2D eigenvalue weighted by Gasteiger charge is -2.10. The third-order valence-electron chi connectivity index (χ3n) is 2.94. The summed E-state index contributed by atoms with van der Waals surface area (Å²) in [6, 6.07) is 6.20. The van der Waals surface area contributed by atoms with Gasteiger partial charge in [-0.2, -0.15) is 0 Å². The highest BCUT2D eigenvalue weighted by Gasteiger charge is 2.13. The molecule has 0 aliphatic carbocycles. The van der Waals surface area contributed by atoms with Crippen LogP contribution in [-0.2, 0) is 6.54 Å². The number of aromatic nitrogens is 2. The molecule has 0 radical (unpaired) electrons. The molecule has 124 valence electrons. The van der Waals surface area contributed by atoms with Gasteiger partial charge in [0.05, 0.1) is 29.8 Å². The van der Waals surface area contributed by atoms with Crippen molar-refractivity contribution in [1.29, 1.82) is 0 Å². The molecule has 1 amide bonds. The number of aromatic carboxylic acids is 1. The van der Waals surface area contributed by atoms with E-state index in [1.54, 1.807) is 12.1 Å². The summed E-state index contributed by atoms with van der Waals surface area (Å²) in [5.74, 6) is -1.51. The number of amides is 1. The van der Waals surface area contributed by atoms with E-state index in [1.807, 2.05) is 0 Å². The lowest BCUT2D eigenvalue weighted by Crippen LogP contribution is -2.20. The van der Waals surface area contributed by atoms with Gasteiger partial charge in [0.2, 0.25) is 0 Å². The van der Waals surface area contributed by atoms with Crippen molar-refractivity contribution in [1.82, 2.24) is 9.97 Å². The number of carbonyl (C=O) groups excluding carboxylic acids is 1. The van der Waals surface area contributed by atoms with E-state index in [2.05, 4.69) is 27.2 Å². The van der Waals surface area contributed by atoms with Crippen molar-refractivity contribution in [3.05, 3.63) is 59.8 Å². The lowest BCUT2D eigenvalue weighted by atomic mass is 10.2. The number of nitrogens with zero attached hydrogens (tertiary/aromatic N) is 2. The number of benzene rings is 1. The second-order valence-electron chi connectivity index (χ2n) is 4.81. The number of primary amides is 1. The van der Waals surface area contributed by atoms with Gasteiger partial charge in [-0.25, -0.2) is 14.8 Å². The van der Waals surface area contributed by atoms with Crippen molar-refractivity contribution in [3.63, 3.8) is 0 Å². The Hall–Kier alpha value is -3.62. The molecule has 24 heavy (non-hydrogen) atoms. The van der Waals surface area contributed by atoms with Crippen LogP contribution in [0.2, 0.25) is 0 Å². The molecule has 2 aromatic rings. The number of nitrogens with two attached hydrogens (primary N) is 2. The molecule has 0 fully saturated rings. The third kappa shape index (κ3) is 4.19. The van der Waals surface area contributed by atoms with E-state index in [4.69, 9.17) is 16.6 Å². The zero-order valence-electron chi connectivity index (χ0n) is 12.6. The van der Waals surface area contributed by atoms with Gasteiger partial charge in [0, 0.05) is 5.69 Å². The molecule has 0 bridgehead atoms. The summed E-state index contributed by atoms with van der Waals surface area (Å²) in [5.41, 5.74) is 12.0. The van der Waals surface area contributed by atoms with Gasteiger partial charge in [-0.05, 0) is 24.3 Å². The average Bonchev–Trinajstić information content (AvgIpc) is 2.53. The normalized spacial score (nSPS) is 10.0. The fraction of sp³-hybridized carbons (Fsp3) is 0.0667. The van der Waals surface area contributed by atoms with Gasteiger partial charge in [-0.15, -0.1) is 0 Å². The molecule has 9 heteroatoms. The molecule has 2 rings (SSSR count). The van der Waals surface area contributed by atoms with Crippen LogP contribution in [0.3, 0.4) is 0 Å². The van der Waals surface area contributed by atoms with Crippen LogP contribution in [0.5, 0.6) is 0 Å². The van der Waals surface area contributed by atoms with Crippen LogP contribution in [0, 0.1) is 0 Å². The Morgan fingerprint density at radius 3 is 2.42 bits per heavy atom. The largest absolute Gasteiger partial charge is 0.478 e. The van der Waals surface area contributed by atoms with E-state index < -0.39 is 11.9 Å². The van der Waals surface area contributed by atoms with Gasteiger partial charge >= 0.3 is 5.97 Å². The summed E-state index contributed by atoms with van der Waals surface area (Å²) in [4.78, 5) is 30.5. The number of carboxylic acids is 1. The number of rotatable bonds is 7. The zero-order chi connectivity index (χ0) is 17.7. The molecule has 0 aliphatic rings. The summed E-state index contributed by atoms with van der Waals surface area (Å²) in [7, 11) is 0. The summed E-state index contributed by atoms with van der Waals surface area (Å²) in [6.07, 6.45) is 1.45. The number of hydrogen-bond donors (Lipinski definition) is 5. The first-order valence-electron chi connectivity index (χ1n) is 6.81. The smallest absolute Gasteiger partial charge is 0.335 e. The van der Waals surface area contributed by atoms with Gasteiger partial charge in [-0.3, -0.25) is 4.79 Å². The van der Waals surface area contributed by atoms with Gasteiger partial charge < -0.3 is 27.2 Å². The molecule has 1 heterocycles. The Labute approximate surface area is 137 Å². The molecule has 7 N–H and O–H groups in total. The fourth-order valence-electron chi connectivity index (χ4n) is 1.85. The van der Waals surface area contributed by atoms with E-state index in [-0.39, 0.29) is 29.4 Å². The molecule has 0 atom stereocenters. The molecule has 0 saturated carbocycles. The summed E-state index contributed by atoms with van der Waals surface area (Å²) >= 11 is 0. The second-order valence-corrected chi connectivity index (χ2v) is 4.81. The van der Waals surface area contributed by atoms with Crippen LogP contribution in [0.4, 0.5) is 11.5 Å². The van der Waals surface area contributed by atoms with Crippen molar-refractivity contribution in [2.75, 3.05) is 10.6 Å². The molecule has 1 aromatic heterocycles. The SMILES string of the molecule is C=C(N)Nc1ncc(CNc2ccc(C(=O)O)cc2)nc1C(N)=O. The van der Waals surface area contributed by atoms with Crippen molar-refractivity contribution in [2.45, 2.75) is 6.54 Å². The van der Waals surface area contributed by atoms with Crippen LogP contribution in [0.15, 0.2) is 42.9 Å². The maximum absolute atomic E-state index is 11.5. The monoisotopic (exact) mass is 328 g/mol. The van der Waals surface area contributed by atoms with Crippen molar-refractivity contribution in [3.8, 4) is 0 Å². The van der Waals surface area contributed by atoms with Gasteiger partial charge in [0.25, 0.3) is 5.91 Å². The molecule has 0 spiro atoms. The first-order valence-corrected chi connectivity index (χ1v) is 6.81. The molecular weight excluding hydrogens is 312 g/mol. The van der Waals surface area contributed by atoms with E-state index in [0.717, 1.165) is 0 Å². The summed E-state index contributed by atoms with van der Waals surface area (Å²) in [6.45, 7) is 3.73. The third-order valence-corrected chi connectivity index (χ3v) is 2.94. The number of nitrogens with one attached hydrogen (secondary N) is 2. The van der Waals surface area contributed by atoms with Crippen LogP contribution < -0.4 is 22.1 Å². The second kappa shape index (κ2) is 7.09. The topological polar surface area (TPSA) is 156 Å². The number of hydrogen-bond acceptors (Lipinski definition) is 7. The van der Waals surface area contributed by atoms with E-state index in [9.17, 15) is 9.59 Å². The lowest BCUT2D eigenvalue weighted by molar-refractivity contribution is 0.0696. The molecular formula is C15H16N6O3. The van der Waals surface area contributed by atoms with Crippen LogP contribution >= 0.6 is 0 Å². The Balaban J connectivity index is 2.12.